The Morgan fingerprint density at radius 3 is 2.39 bits per heavy atom. The van der Waals surface area contributed by atoms with E-state index in [2.05, 4.69) is 12.6 Å². The van der Waals surface area contributed by atoms with Crippen molar-refractivity contribution in [3.05, 3.63) is 63.1 Å². The predicted octanol–water partition coefficient (Wildman–Crippen LogP) is 4.72. The maximum atomic E-state index is 9.68. The molecule has 18 heavy (non-hydrogen) atoms. The number of rotatable bonds is 3. The minimum atomic E-state index is 0.0873. The quantitative estimate of drug-likeness (QED) is 0.786. The van der Waals surface area contributed by atoms with E-state index in [-0.39, 0.29) is 5.75 Å². The molecule has 94 valence electrons. The third kappa shape index (κ3) is 2.77. The summed E-state index contributed by atoms with van der Waals surface area (Å²) in [4.78, 5) is 0. The van der Waals surface area contributed by atoms with Crippen molar-refractivity contribution in [2.45, 2.75) is 12.2 Å². The van der Waals surface area contributed by atoms with Crippen LogP contribution in [-0.4, -0.2) is 5.11 Å². The molecule has 0 fully saturated rings. The maximum Gasteiger partial charge on any atom is 0.134 e. The van der Waals surface area contributed by atoms with Crippen LogP contribution in [0.2, 0.25) is 10.0 Å². The molecule has 0 spiro atoms. The standard InChI is InChI=1S/C14H12Cl2OS/c15-12-4-2-1-3-9(12)7-11-10(8-18)5-6-13(17)14(11)16/h1-6,17-18H,7-8H2. The summed E-state index contributed by atoms with van der Waals surface area (Å²) in [6.45, 7) is 0. The number of phenols is 1. The number of benzene rings is 2. The van der Waals surface area contributed by atoms with E-state index < -0.39 is 0 Å². The number of aromatic hydroxyl groups is 1. The molecule has 0 amide bonds. The first-order chi connectivity index (χ1) is 8.63. The molecule has 4 heteroatoms. The Morgan fingerprint density at radius 1 is 1.00 bits per heavy atom. The molecule has 1 nitrogen and oxygen atoms in total. The molecule has 0 aliphatic rings. The van der Waals surface area contributed by atoms with Crippen LogP contribution in [0.3, 0.4) is 0 Å². The average Bonchev–Trinajstić information content (AvgIpc) is 2.38. The summed E-state index contributed by atoms with van der Waals surface area (Å²) in [5, 5.41) is 10.8. The molecule has 0 bridgehead atoms. The van der Waals surface area contributed by atoms with Gasteiger partial charge in [-0.3, -0.25) is 0 Å². The molecule has 0 aliphatic carbocycles. The van der Waals surface area contributed by atoms with E-state index >= 15 is 0 Å². The van der Waals surface area contributed by atoms with Crippen molar-refractivity contribution in [2.75, 3.05) is 0 Å². The van der Waals surface area contributed by atoms with Crippen molar-refractivity contribution < 1.29 is 5.11 Å². The molecule has 0 aromatic heterocycles. The summed E-state index contributed by atoms with van der Waals surface area (Å²) >= 11 is 16.6. The normalized spacial score (nSPS) is 10.6. The van der Waals surface area contributed by atoms with Crippen LogP contribution in [0.4, 0.5) is 0 Å². The number of phenolic OH excluding ortho intramolecular Hbond substituents is 1. The van der Waals surface area contributed by atoms with Gasteiger partial charge in [0.2, 0.25) is 0 Å². The number of hydrogen-bond acceptors (Lipinski definition) is 2. The highest BCUT2D eigenvalue weighted by Gasteiger charge is 2.12. The number of halogens is 2. The molecule has 0 aliphatic heterocycles. The van der Waals surface area contributed by atoms with Crippen molar-refractivity contribution in [1.82, 2.24) is 0 Å². The predicted molar refractivity (Wildman–Crippen MR) is 80.1 cm³/mol. The van der Waals surface area contributed by atoms with Crippen LogP contribution < -0.4 is 0 Å². The van der Waals surface area contributed by atoms with Gasteiger partial charge in [-0.15, -0.1) is 0 Å². The summed E-state index contributed by atoms with van der Waals surface area (Å²) in [7, 11) is 0. The number of hydrogen-bond donors (Lipinski definition) is 2. The lowest BCUT2D eigenvalue weighted by atomic mass is 10.00. The van der Waals surface area contributed by atoms with Gasteiger partial charge in [-0.25, -0.2) is 0 Å². The molecular formula is C14H12Cl2OS. The third-order valence-corrected chi connectivity index (χ3v) is 3.95. The zero-order valence-corrected chi connectivity index (χ0v) is 11.9. The van der Waals surface area contributed by atoms with Gasteiger partial charge in [-0.2, -0.15) is 12.6 Å². The van der Waals surface area contributed by atoms with Gasteiger partial charge in [0, 0.05) is 17.2 Å². The third-order valence-electron chi connectivity index (χ3n) is 2.82. The first kappa shape index (κ1) is 13.6. The fourth-order valence-corrected chi connectivity index (χ4v) is 2.57. The first-order valence-corrected chi connectivity index (χ1v) is 6.85. The molecule has 0 radical (unpaired) electrons. The van der Waals surface area contributed by atoms with Gasteiger partial charge in [-0.1, -0.05) is 47.5 Å². The second kappa shape index (κ2) is 5.87. The molecule has 2 aromatic rings. The van der Waals surface area contributed by atoms with Crippen LogP contribution in [0.15, 0.2) is 36.4 Å². The Bertz CT molecular complexity index is 570. The van der Waals surface area contributed by atoms with E-state index in [1.54, 1.807) is 6.07 Å². The molecule has 2 aromatic carbocycles. The van der Waals surface area contributed by atoms with Crippen LogP contribution in [0.5, 0.6) is 5.75 Å². The number of thiol groups is 1. The van der Waals surface area contributed by atoms with Crippen molar-refractivity contribution in [3.63, 3.8) is 0 Å². The van der Waals surface area contributed by atoms with E-state index in [0.717, 1.165) is 16.7 Å². The second-order valence-corrected chi connectivity index (χ2v) is 5.06. The van der Waals surface area contributed by atoms with Crippen molar-refractivity contribution in [2.24, 2.45) is 0 Å². The van der Waals surface area contributed by atoms with Crippen molar-refractivity contribution in [1.29, 1.82) is 0 Å². The zero-order valence-electron chi connectivity index (χ0n) is 9.53. The van der Waals surface area contributed by atoms with Crippen molar-refractivity contribution >= 4 is 35.8 Å². The van der Waals surface area contributed by atoms with Gasteiger partial charge < -0.3 is 5.11 Å². The molecule has 0 heterocycles. The highest BCUT2D eigenvalue weighted by molar-refractivity contribution is 7.79. The SMILES string of the molecule is Oc1ccc(CS)c(Cc2ccccc2Cl)c1Cl. The maximum absolute atomic E-state index is 9.68. The Morgan fingerprint density at radius 2 is 1.72 bits per heavy atom. The minimum Gasteiger partial charge on any atom is -0.506 e. The van der Waals surface area contributed by atoms with Crippen LogP contribution in [0.1, 0.15) is 16.7 Å². The molecule has 0 atom stereocenters. The lowest BCUT2D eigenvalue weighted by Gasteiger charge is -2.12. The molecule has 0 unspecified atom stereocenters. The van der Waals surface area contributed by atoms with E-state index in [0.29, 0.717) is 22.2 Å². The Kier molecular flexibility index (Phi) is 4.44. The topological polar surface area (TPSA) is 20.2 Å². The fourth-order valence-electron chi connectivity index (χ4n) is 1.82. The average molecular weight is 299 g/mol. The fraction of sp³-hybridized carbons (Fsp3) is 0.143. The zero-order chi connectivity index (χ0) is 13.1. The lowest BCUT2D eigenvalue weighted by Crippen LogP contribution is -1.96. The van der Waals surface area contributed by atoms with Gasteiger partial charge in [0.1, 0.15) is 5.75 Å². The minimum absolute atomic E-state index is 0.0873. The monoisotopic (exact) mass is 298 g/mol. The van der Waals surface area contributed by atoms with E-state index in [4.69, 9.17) is 23.2 Å². The lowest BCUT2D eigenvalue weighted by molar-refractivity contribution is 0.475. The van der Waals surface area contributed by atoms with Crippen LogP contribution in [-0.2, 0) is 12.2 Å². The Labute approximate surface area is 122 Å². The summed E-state index contributed by atoms with van der Waals surface area (Å²) in [5.41, 5.74) is 2.86. The first-order valence-electron chi connectivity index (χ1n) is 5.47. The summed E-state index contributed by atoms with van der Waals surface area (Å²) < 4.78 is 0. The molecular weight excluding hydrogens is 287 g/mol. The van der Waals surface area contributed by atoms with Crippen LogP contribution >= 0.6 is 35.8 Å². The highest BCUT2D eigenvalue weighted by Crippen LogP contribution is 2.33. The van der Waals surface area contributed by atoms with Crippen LogP contribution in [0.25, 0.3) is 0 Å². The Hall–Kier alpha value is -0.830. The molecule has 0 saturated carbocycles. The summed E-state index contributed by atoms with van der Waals surface area (Å²) in [6.07, 6.45) is 0.586. The van der Waals surface area contributed by atoms with Gasteiger partial charge in [0.25, 0.3) is 0 Å². The van der Waals surface area contributed by atoms with Gasteiger partial charge in [0.15, 0.2) is 0 Å². The van der Waals surface area contributed by atoms with Gasteiger partial charge in [-0.05, 0) is 28.8 Å². The highest BCUT2D eigenvalue weighted by atomic mass is 35.5. The smallest absolute Gasteiger partial charge is 0.134 e. The van der Waals surface area contributed by atoms with Crippen LogP contribution in [0, 0.1) is 0 Å². The van der Waals surface area contributed by atoms with Gasteiger partial charge >= 0.3 is 0 Å². The summed E-state index contributed by atoms with van der Waals surface area (Å²) in [6, 6.07) is 11.0. The molecule has 0 saturated heterocycles. The van der Waals surface area contributed by atoms with E-state index in [1.165, 1.54) is 0 Å². The summed E-state index contributed by atoms with van der Waals surface area (Å²) in [5.74, 6) is 0.657. The molecule has 2 rings (SSSR count). The largest absolute Gasteiger partial charge is 0.506 e. The Balaban J connectivity index is 2.46. The van der Waals surface area contributed by atoms with E-state index in [1.807, 2.05) is 30.3 Å². The van der Waals surface area contributed by atoms with Crippen molar-refractivity contribution in [3.8, 4) is 5.75 Å². The second-order valence-electron chi connectivity index (χ2n) is 3.96. The van der Waals surface area contributed by atoms with Gasteiger partial charge in [0.05, 0.1) is 5.02 Å². The molecule has 1 N–H and O–H groups in total. The van der Waals surface area contributed by atoms with E-state index in [9.17, 15) is 5.11 Å².